The summed E-state index contributed by atoms with van der Waals surface area (Å²) in [5, 5.41) is 0. The first kappa shape index (κ1) is 10.1. The predicted octanol–water partition coefficient (Wildman–Crippen LogP) is -0.288. The largest absolute Gasteiger partial charge is 0.466 e. The molecule has 0 amide bonds. The Morgan fingerprint density at radius 3 is 2.55 bits per heavy atom. The van der Waals surface area contributed by atoms with E-state index in [-0.39, 0.29) is 24.8 Å². The molecule has 0 saturated heterocycles. The quantitative estimate of drug-likeness (QED) is 0.560. The van der Waals surface area contributed by atoms with E-state index in [1.807, 2.05) is 0 Å². The zero-order valence-corrected chi connectivity index (χ0v) is 6.74. The predicted molar refractivity (Wildman–Crippen MR) is 39.8 cm³/mol. The van der Waals surface area contributed by atoms with E-state index < -0.39 is 6.04 Å². The molecule has 0 aliphatic heterocycles. The van der Waals surface area contributed by atoms with Crippen LogP contribution in [-0.4, -0.2) is 24.9 Å². The Balaban J connectivity index is 3.73. The molecule has 0 aromatic rings. The summed E-state index contributed by atoms with van der Waals surface area (Å²) < 4.78 is 4.34. The number of Topliss-reactive ketones (excluding diaryl/α,β-unsaturated/α-hetero) is 1. The van der Waals surface area contributed by atoms with Crippen molar-refractivity contribution < 1.29 is 14.3 Å². The topological polar surface area (TPSA) is 69.4 Å². The van der Waals surface area contributed by atoms with Crippen molar-refractivity contribution in [3.63, 3.8) is 0 Å². The van der Waals surface area contributed by atoms with Crippen LogP contribution in [0.5, 0.6) is 0 Å². The Kier molecular flexibility index (Phi) is 4.45. The third kappa shape index (κ3) is 3.72. The van der Waals surface area contributed by atoms with Crippen molar-refractivity contribution in [2.24, 2.45) is 11.7 Å². The lowest BCUT2D eigenvalue weighted by Gasteiger charge is -2.10. The third-order valence-corrected chi connectivity index (χ3v) is 1.28. The molecule has 0 aromatic carbocycles. The number of carbonyl (C=O) groups excluding carboxylic acids is 2. The maximum Gasteiger partial charge on any atom is 0.293 e. The summed E-state index contributed by atoms with van der Waals surface area (Å²) in [6.07, 6.45) is 0. The Bertz CT molecular complexity index is 145. The zero-order chi connectivity index (χ0) is 8.85. The van der Waals surface area contributed by atoms with Gasteiger partial charge in [0.15, 0.2) is 5.78 Å². The van der Waals surface area contributed by atoms with Crippen LogP contribution in [0.15, 0.2) is 0 Å². The minimum Gasteiger partial charge on any atom is -0.466 e. The molecule has 2 N–H and O–H groups in total. The van der Waals surface area contributed by atoms with E-state index >= 15 is 0 Å². The Morgan fingerprint density at radius 1 is 1.64 bits per heavy atom. The average molecular weight is 159 g/mol. The van der Waals surface area contributed by atoms with Gasteiger partial charge in [-0.15, -0.1) is 0 Å². The fourth-order valence-electron chi connectivity index (χ4n) is 0.653. The number of ether oxygens (including phenoxy) is 1. The third-order valence-electron chi connectivity index (χ3n) is 1.28. The summed E-state index contributed by atoms with van der Waals surface area (Å²) in [6.45, 7) is 3.76. The molecule has 0 spiro atoms. The molecule has 0 aromatic heterocycles. The van der Waals surface area contributed by atoms with E-state index in [0.29, 0.717) is 0 Å². The maximum atomic E-state index is 11.0. The van der Waals surface area contributed by atoms with Crippen molar-refractivity contribution in [1.29, 1.82) is 0 Å². The summed E-state index contributed by atoms with van der Waals surface area (Å²) in [7, 11) is 0. The van der Waals surface area contributed by atoms with Crippen molar-refractivity contribution in [2.75, 3.05) is 6.61 Å². The van der Waals surface area contributed by atoms with Gasteiger partial charge in [-0.3, -0.25) is 9.59 Å². The van der Waals surface area contributed by atoms with E-state index in [1.165, 1.54) is 0 Å². The van der Waals surface area contributed by atoms with Crippen LogP contribution in [0.3, 0.4) is 0 Å². The van der Waals surface area contributed by atoms with Gasteiger partial charge in [0.25, 0.3) is 6.47 Å². The summed E-state index contributed by atoms with van der Waals surface area (Å²) in [4.78, 5) is 20.7. The molecule has 0 fully saturated rings. The molecule has 0 saturated carbocycles. The van der Waals surface area contributed by atoms with Gasteiger partial charge in [0.1, 0.15) is 6.61 Å². The van der Waals surface area contributed by atoms with E-state index in [0.717, 1.165) is 0 Å². The molecule has 64 valence electrons. The second-order valence-corrected chi connectivity index (χ2v) is 2.59. The molecule has 1 atom stereocenters. The molecule has 0 bridgehead atoms. The molecule has 4 heteroatoms. The highest BCUT2D eigenvalue weighted by Gasteiger charge is 2.16. The molecule has 4 nitrogen and oxygen atoms in total. The van der Waals surface area contributed by atoms with Crippen LogP contribution in [0.2, 0.25) is 0 Å². The first-order chi connectivity index (χ1) is 5.09. The van der Waals surface area contributed by atoms with E-state index in [4.69, 9.17) is 5.73 Å². The summed E-state index contributed by atoms with van der Waals surface area (Å²) in [5.41, 5.74) is 5.37. The van der Waals surface area contributed by atoms with Gasteiger partial charge in [-0.2, -0.15) is 0 Å². The van der Waals surface area contributed by atoms with Gasteiger partial charge in [0.2, 0.25) is 0 Å². The van der Waals surface area contributed by atoms with Gasteiger partial charge in [-0.05, 0) is 0 Å². The van der Waals surface area contributed by atoms with E-state index in [9.17, 15) is 9.59 Å². The first-order valence-corrected chi connectivity index (χ1v) is 3.44. The summed E-state index contributed by atoms with van der Waals surface area (Å²) in [5.74, 6) is -0.202. The molecule has 0 rings (SSSR count). The first-order valence-electron chi connectivity index (χ1n) is 3.44. The van der Waals surface area contributed by atoms with Crippen molar-refractivity contribution in [3.8, 4) is 0 Å². The standard InChI is InChI=1S/C7H13NO3/c1-5(2)7(10)6(8)3-11-4-9/h4-6H,3,8H2,1-2H3/t6-/m0/s1. The monoisotopic (exact) mass is 159 g/mol. The molecule has 0 aliphatic carbocycles. The lowest BCUT2D eigenvalue weighted by Crippen LogP contribution is -2.37. The number of nitrogens with two attached hydrogens (primary N) is 1. The van der Waals surface area contributed by atoms with E-state index in [1.54, 1.807) is 13.8 Å². The van der Waals surface area contributed by atoms with Crippen molar-refractivity contribution in [1.82, 2.24) is 0 Å². The number of rotatable bonds is 5. The molecular weight excluding hydrogens is 146 g/mol. The molecule has 0 heterocycles. The second kappa shape index (κ2) is 4.85. The van der Waals surface area contributed by atoms with Crippen molar-refractivity contribution in [3.05, 3.63) is 0 Å². The van der Waals surface area contributed by atoms with Crippen LogP contribution in [0.1, 0.15) is 13.8 Å². The van der Waals surface area contributed by atoms with Gasteiger partial charge >= 0.3 is 0 Å². The van der Waals surface area contributed by atoms with E-state index in [2.05, 4.69) is 4.74 Å². The number of hydrogen-bond donors (Lipinski definition) is 1. The fraction of sp³-hybridized carbons (Fsp3) is 0.714. The van der Waals surface area contributed by atoms with Gasteiger partial charge < -0.3 is 10.5 Å². The number of hydrogen-bond acceptors (Lipinski definition) is 4. The number of carbonyl (C=O) groups is 2. The Hall–Kier alpha value is -0.900. The van der Waals surface area contributed by atoms with Crippen LogP contribution in [0.4, 0.5) is 0 Å². The molecule has 11 heavy (non-hydrogen) atoms. The van der Waals surface area contributed by atoms with Crippen LogP contribution in [0, 0.1) is 5.92 Å². The summed E-state index contributed by atoms with van der Waals surface area (Å²) in [6, 6.07) is -0.680. The second-order valence-electron chi connectivity index (χ2n) is 2.59. The highest BCUT2D eigenvalue weighted by atomic mass is 16.5. The Labute approximate surface area is 65.7 Å². The Morgan fingerprint density at radius 2 is 2.18 bits per heavy atom. The molecular formula is C7H13NO3. The molecule has 0 unspecified atom stereocenters. The van der Waals surface area contributed by atoms with Crippen molar-refractivity contribution >= 4 is 12.3 Å². The number of ketones is 1. The lowest BCUT2D eigenvalue weighted by atomic mass is 10.0. The van der Waals surface area contributed by atoms with Gasteiger partial charge in [-0.1, -0.05) is 13.8 Å². The fourth-order valence-corrected chi connectivity index (χ4v) is 0.653. The van der Waals surface area contributed by atoms with Gasteiger partial charge in [0.05, 0.1) is 6.04 Å². The minimum atomic E-state index is -0.680. The average Bonchev–Trinajstić information content (AvgIpc) is 1.98. The van der Waals surface area contributed by atoms with Crippen LogP contribution >= 0.6 is 0 Å². The lowest BCUT2D eigenvalue weighted by molar-refractivity contribution is -0.131. The zero-order valence-electron chi connectivity index (χ0n) is 6.74. The highest BCUT2D eigenvalue weighted by molar-refractivity contribution is 5.85. The van der Waals surface area contributed by atoms with Crippen molar-refractivity contribution in [2.45, 2.75) is 19.9 Å². The molecule has 0 radical (unpaired) electrons. The smallest absolute Gasteiger partial charge is 0.293 e. The highest BCUT2D eigenvalue weighted by Crippen LogP contribution is 1.97. The van der Waals surface area contributed by atoms with Crippen LogP contribution in [-0.2, 0) is 14.3 Å². The normalized spacial score (nSPS) is 12.7. The van der Waals surface area contributed by atoms with Gasteiger partial charge in [-0.25, -0.2) is 0 Å². The van der Waals surface area contributed by atoms with Crippen LogP contribution in [0.25, 0.3) is 0 Å². The SMILES string of the molecule is CC(C)C(=O)[C@@H](N)COC=O. The molecule has 0 aliphatic rings. The maximum absolute atomic E-state index is 11.0. The van der Waals surface area contributed by atoms with Gasteiger partial charge in [0, 0.05) is 5.92 Å². The minimum absolute atomic E-state index is 0.0273. The summed E-state index contributed by atoms with van der Waals surface area (Å²) >= 11 is 0. The van der Waals surface area contributed by atoms with Crippen LogP contribution < -0.4 is 5.73 Å².